The van der Waals surface area contributed by atoms with Gasteiger partial charge >= 0.3 is 0 Å². The van der Waals surface area contributed by atoms with Gasteiger partial charge in [-0.05, 0) is 97.3 Å². The summed E-state index contributed by atoms with van der Waals surface area (Å²) >= 11 is 0. The van der Waals surface area contributed by atoms with E-state index in [-0.39, 0.29) is 26.2 Å². The molecule has 0 aromatic heterocycles. The Labute approximate surface area is 188 Å². The van der Waals surface area contributed by atoms with Gasteiger partial charge in [-0.3, -0.25) is 0 Å². The molecule has 0 heterocycles. The first-order valence-electron chi connectivity index (χ1n) is 10.9. The Morgan fingerprint density at radius 2 is 1.50 bits per heavy atom. The van der Waals surface area contributed by atoms with Crippen molar-refractivity contribution < 1.29 is 26.2 Å². The van der Waals surface area contributed by atoms with E-state index < -0.39 is 0 Å². The van der Waals surface area contributed by atoms with Gasteiger partial charge in [-0.15, -0.1) is 0 Å². The van der Waals surface area contributed by atoms with E-state index in [0.717, 1.165) is 17.8 Å². The summed E-state index contributed by atoms with van der Waals surface area (Å²) in [6.45, 7) is 2.16. The van der Waals surface area contributed by atoms with Gasteiger partial charge in [-0.1, -0.05) is 59.7 Å². The normalized spacial score (nSPS) is 32.0. The van der Waals surface area contributed by atoms with Crippen molar-refractivity contribution in [3.63, 3.8) is 0 Å². The first-order chi connectivity index (χ1) is 13.2. The second-order valence-corrected chi connectivity index (χ2v) is 10.1. The van der Waals surface area contributed by atoms with Crippen LogP contribution in [0.5, 0.6) is 0 Å². The van der Waals surface area contributed by atoms with Crippen molar-refractivity contribution in [1.29, 1.82) is 0 Å². The number of allylic oxidation sites excluding steroid dienone is 1. The van der Waals surface area contributed by atoms with Gasteiger partial charge in [0.05, 0.1) is 0 Å². The van der Waals surface area contributed by atoms with Gasteiger partial charge in [0.25, 0.3) is 0 Å². The average molecular weight is 445 g/mol. The zero-order valence-corrected chi connectivity index (χ0v) is 19.3. The van der Waals surface area contributed by atoms with Crippen molar-refractivity contribution >= 4 is 6.08 Å². The largest absolute Gasteiger partial charge is 0.0613 e. The minimum absolute atomic E-state index is 0. The first-order valence-corrected chi connectivity index (χ1v) is 10.9. The molecule has 0 atom stereocenters. The zero-order valence-electron chi connectivity index (χ0n) is 16.9. The Bertz CT molecular complexity index is 882. The minimum Gasteiger partial charge on any atom is -0.0613 e. The third-order valence-electron chi connectivity index (χ3n) is 7.92. The van der Waals surface area contributed by atoms with Crippen LogP contribution in [0.1, 0.15) is 61.6 Å². The van der Waals surface area contributed by atoms with Crippen LogP contribution in [0, 0.1) is 36.5 Å². The van der Waals surface area contributed by atoms with Gasteiger partial charge in [-0.2, -0.15) is 0 Å². The Kier molecular flexibility index (Phi) is 4.82. The Morgan fingerprint density at radius 1 is 0.857 bits per heavy atom. The zero-order chi connectivity index (χ0) is 18.0. The number of fused-ring (bicyclic) bond motifs is 1. The van der Waals surface area contributed by atoms with Crippen molar-refractivity contribution in [3.8, 4) is 11.1 Å². The maximum absolute atomic E-state index is 2.52. The quantitative estimate of drug-likeness (QED) is 0.469. The maximum atomic E-state index is 2.52. The fraction of sp³-hybridized carbons (Fsp3) is 0.444. The summed E-state index contributed by atoms with van der Waals surface area (Å²) in [4.78, 5) is 0. The molecule has 1 radical (unpaired) electrons. The molecule has 0 N–H and O–H groups in total. The van der Waals surface area contributed by atoms with Crippen LogP contribution in [0.3, 0.4) is 0 Å². The third kappa shape index (κ3) is 3.23. The van der Waals surface area contributed by atoms with Gasteiger partial charge in [0.15, 0.2) is 0 Å². The van der Waals surface area contributed by atoms with E-state index in [1.165, 1.54) is 53.5 Å². The van der Waals surface area contributed by atoms with Crippen molar-refractivity contribution in [3.05, 3.63) is 71.1 Å². The van der Waals surface area contributed by atoms with Crippen LogP contribution >= 0.6 is 0 Å². The smallest absolute Gasteiger partial charge is 0.0164 e. The molecule has 1 heteroatoms. The predicted molar refractivity (Wildman–Crippen MR) is 113 cm³/mol. The number of aryl methyl sites for hydroxylation is 1. The first kappa shape index (κ1) is 19.1. The van der Waals surface area contributed by atoms with Crippen LogP contribution in [-0.4, -0.2) is 0 Å². The summed E-state index contributed by atoms with van der Waals surface area (Å²) < 4.78 is 0. The van der Waals surface area contributed by atoms with E-state index in [1.807, 2.05) is 0 Å². The van der Waals surface area contributed by atoms with Crippen LogP contribution in [0.2, 0.25) is 0 Å². The SMILES string of the molecule is Cc1ccc(-c2cccc3c2C=C(CC24CC5CC(CC(C5)C2)C4)[CH]3)cc1.[Zr]. The number of rotatable bonds is 3. The van der Waals surface area contributed by atoms with Crippen LogP contribution < -0.4 is 0 Å². The molecule has 0 amide bonds. The summed E-state index contributed by atoms with van der Waals surface area (Å²) in [6.07, 6.45) is 15.5. The molecule has 5 aliphatic carbocycles. The van der Waals surface area contributed by atoms with Crippen LogP contribution in [-0.2, 0) is 26.2 Å². The molecule has 4 saturated carbocycles. The van der Waals surface area contributed by atoms with E-state index in [9.17, 15) is 0 Å². The average Bonchev–Trinajstić information content (AvgIpc) is 3.03. The van der Waals surface area contributed by atoms with Gasteiger partial charge in [0.1, 0.15) is 0 Å². The van der Waals surface area contributed by atoms with E-state index >= 15 is 0 Å². The molecule has 5 aliphatic rings. The second kappa shape index (κ2) is 7.09. The molecule has 4 fully saturated rings. The molecular formula is C27H29Zr. The van der Waals surface area contributed by atoms with Gasteiger partial charge in [-0.25, -0.2) is 0 Å². The van der Waals surface area contributed by atoms with E-state index in [1.54, 1.807) is 24.8 Å². The predicted octanol–water partition coefficient (Wildman–Crippen LogP) is 7.22. The van der Waals surface area contributed by atoms with E-state index in [0.29, 0.717) is 5.41 Å². The second-order valence-electron chi connectivity index (χ2n) is 10.1. The number of hydrogen-bond donors (Lipinski definition) is 0. The number of hydrogen-bond acceptors (Lipinski definition) is 0. The fourth-order valence-electron chi connectivity index (χ4n) is 7.32. The molecule has 141 valence electrons. The summed E-state index contributed by atoms with van der Waals surface area (Å²) in [5, 5.41) is 0. The van der Waals surface area contributed by atoms with Crippen LogP contribution in [0.4, 0.5) is 0 Å². The molecule has 28 heavy (non-hydrogen) atoms. The topological polar surface area (TPSA) is 0 Å². The third-order valence-corrected chi connectivity index (χ3v) is 7.92. The molecule has 0 saturated heterocycles. The maximum Gasteiger partial charge on any atom is 0.0164 e. The Morgan fingerprint density at radius 3 is 2.14 bits per heavy atom. The van der Waals surface area contributed by atoms with Gasteiger partial charge < -0.3 is 0 Å². The minimum atomic E-state index is 0. The Hall–Kier alpha value is -0.937. The molecule has 2 aromatic rings. The van der Waals surface area contributed by atoms with E-state index in [4.69, 9.17) is 0 Å². The van der Waals surface area contributed by atoms with E-state index in [2.05, 4.69) is 61.9 Å². The summed E-state index contributed by atoms with van der Waals surface area (Å²) in [6, 6.07) is 15.8. The summed E-state index contributed by atoms with van der Waals surface area (Å²) in [5.74, 6) is 3.14. The Balaban J connectivity index is 0.00000171. The molecule has 4 bridgehead atoms. The van der Waals surface area contributed by atoms with Crippen molar-refractivity contribution in [2.45, 2.75) is 51.9 Å². The van der Waals surface area contributed by atoms with Crippen LogP contribution in [0.15, 0.2) is 48.0 Å². The number of benzene rings is 2. The van der Waals surface area contributed by atoms with Gasteiger partial charge in [0, 0.05) is 32.6 Å². The molecule has 7 rings (SSSR count). The fourth-order valence-corrected chi connectivity index (χ4v) is 7.32. The summed E-state index contributed by atoms with van der Waals surface area (Å²) in [5.41, 5.74) is 9.15. The van der Waals surface area contributed by atoms with Crippen molar-refractivity contribution in [1.82, 2.24) is 0 Å². The van der Waals surface area contributed by atoms with Crippen molar-refractivity contribution in [2.24, 2.45) is 23.2 Å². The molecule has 0 nitrogen and oxygen atoms in total. The van der Waals surface area contributed by atoms with Gasteiger partial charge in [0.2, 0.25) is 0 Å². The summed E-state index contributed by atoms with van der Waals surface area (Å²) in [7, 11) is 0. The molecular weight excluding hydrogens is 416 g/mol. The molecule has 0 spiro atoms. The molecule has 0 aliphatic heterocycles. The van der Waals surface area contributed by atoms with Crippen molar-refractivity contribution in [2.75, 3.05) is 0 Å². The standard InChI is InChI=1S/C27H29.Zr/c1-18-5-7-23(8-6-18)25-4-2-3-24-12-22(13-26(24)25)17-27-14-19-9-20(15-27)11-21(10-19)16-27;/h2-8,12-13,19-21H,9-11,14-17H2,1H3;. The monoisotopic (exact) mass is 443 g/mol. The molecule has 0 unspecified atom stereocenters. The molecule has 2 aromatic carbocycles. The van der Waals surface area contributed by atoms with Crippen LogP contribution in [0.25, 0.3) is 17.2 Å².